The fourth-order valence-electron chi connectivity index (χ4n) is 4.22. The molecule has 0 aliphatic carbocycles. The smallest absolute Gasteiger partial charge is 0.780 e. The normalized spacial score (nSPS) is 11.6. The first-order chi connectivity index (χ1) is 18.4. The van der Waals surface area contributed by atoms with Crippen molar-refractivity contribution in [3.8, 4) is 28.1 Å². The van der Waals surface area contributed by atoms with E-state index in [4.69, 9.17) is 11.6 Å². The fraction of sp³-hybridized carbons (Fsp3) is 0.0769. The molecule has 5 rings (SSSR count). The number of aromatic amines is 1. The molecule has 200 valence electrons. The molecule has 0 aliphatic heterocycles. The summed E-state index contributed by atoms with van der Waals surface area (Å²) >= 11 is 6.06. The van der Waals surface area contributed by atoms with E-state index in [0.717, 1.165) is 17.7 Å². The van der Waals surface area contributed by atoms with Gasteiger partial charge in [0, 0.05) is 28.6 Å². The van der Waals surface area contributed by atoms with Crippen LogP contribution in [0.5, 0.6) is 5.75 Å². The average Bonchev–Trinajstić information content (AvgIpc) is 3.20. The Morgan fingerprint density at radius 1 is 0.976 bits per heavy atom. The molecule has 0 bridgehead atoms. The number of fused-ring (bicyclic) bond motifs is 1. The van der Waals surface area contributed by atoms with Gasteiger partial charge in [0.1, 0.15) is 19.2 Å². The zero-order chi connectivity index (χ0) is 27.9. The standard InChI is InChI=1S/C26H18ClF3N3O5P.2Na/c27-18-9-6-16(7-10-18)24-20(12-15-4-2-1-3-5-15)32-33-21(14-23(34)31-25(24)33)19-11-8-17(26(28,29)30)13-22(19)38-39(35,36)37;;/h1-11,13-14H,12H2,(H,31,34)(H2,35,36,37);;/q;2*+1/p-2. The molecular formula is C26H16ClF3N3Na2O5P. The van der Waals surface area contributed by atoms with Gasteiger partial charge in [-0.25, -0.2) is 4.52 Å². The number of rotatable bonds is 6. The molecule has 8 nitrogen and oxygen atoms in total. The predicted molar refractivity (Wildman–Crippen MR) is 134 cm³/mol. The Hall–Kier alpha value is -1.89. The van der Waals surface area contributed by atoms with Crippen LogP contribution in [0, 0.1) is 0 Å². The van der Waals surface area contributed by atoms with Crippen LogP contribution < -0.4 is 79.0 Å². The summed E-state index contributed by atoms with van der Waals surface area (Å²) in [6, 6.07) is 19.0. The number of phosphoric acid groups is 1. The van der Waals surface area contributed by atoms with Gasteiger partial charge in [0.25, 0.3) is 5.56 Å². The van der Waals surface area contributed by atoms with Crippen molar-refractivity contribution in [1.29, 1.82) is 0 Å². The number of hydrogen-bond acceptors (Lipinski definition) is 6. The summed E-state index contributed by atoms with van der Waals surface area (Å²) in [4.78, 5) is 38.3. The van der Waals surface area contributed by atoms with Gasteiger partial charge < -0.3 is 23.9 Å². The number of benzene rings is 3. The van der Waals surface area contributed by atoms with Crippen LogP contribution in [0.4, 0.5) is 13.2 Å². The molecule has 1 N–H and O–H groups in total. The van der Waals surface area contributed by atoms with Gasteiger partial charge in [-0.1, -0.05) is 54.1 Å². The number of phosphoric ester groups is 1. The van der Waals surface area contributed by atoms with Crippen LogP contribution in [0.2, 0.25) is 5.02 Å². The van der Waals surface area contributed by atoms with Crippen molar-refractivity contribution in [2.24, 2.45) is 0 Å². The maximum absolute atomic E-state index is 13.4. The molecule has 0 spiro atoms. The van der Waals surface area contributed by atoms with E-state index in [1.54, 1.807) is 24.3 Å². The summed E-state index contributed by atoms with van der Waals surface area (Å²) in [7, 11) is -5.78. The van der Waals surface area contributed by atoms with Crippen molar-refractivity contribution < 1.29 is 91.2 Å². The van der Waals surface area contributed by atoms with Crippen LogP contribution in [0.1, 0.15) is 16.8 Å². The fourth-order valence-corrected chi connectivity index (χ4v) is 4.74. The first-order valence-electron chi connectivity index (χ1n) is 11.3. The molecule has 2 aromatic heterocycles. The van der Waals surface area contributed by atoms with Gasteiger partial charge in [0.05, 0.1) is 17.0 Å². The molecule has 0 radical (unpaired) electrons. The van der Waals surface area contributed by atoms with Gasteiger partial charge in [0.2, 0.25) is 0 Å². The third-order valence-electron chi connectivity index (χ3n) is 5.84. The minimum absolute atomic E-state index is 0. The van der Waals surface area contributed by atoms with Crippen LogP contribution in [-0.4, -0.2) is 14.6 Å². The van der Waals surface area contributed by atoms with Crippen LogP contribution in [-0.2, 0) is 17.2 Å². The van der Waals surface area contributed by atoms with E-state index in [-0.39, 0.29) is 76.0 Å². The Balaban J connectivity index is 0.00000231. The van der Waals surface area contributed by atoms with Crippen molar-refractivity contribution in [2.75, 3.05) is 0 Å². The second kappa shape index (κ2) is 13.2. The van der Waals surface area contributed by atoms with Crippen molar-refractivity contribution >= 4 is 25.1 Å². The summed E-state index contributed by atoms with van der Waals surface area (Å²) in [6.07, 6.45) is -4.54. The number of H-pyrrole nitrogens is 1. The number of nitrogens with one attached hydrogen (secondary N) is 1. The van der Waals surface area contributed by atoms with Crippen LogP contribution in [0.25, 0.3) is 28.0 Å². The SMILES string of the molecule is O=c1cc(-c2ccc(C(F)(F)F)cc2OP(=O)([O-])[O-])n2nc(Cc3ccccc3)c(-c3ccc(Cl)cc3)c2[nH]1.[Na+].[Na+]. The third-order valence-corrected chi connectivity index (χ3v) is 6.51. The van der Waals surface area contributed by atoms with Gasteiger partial charge in [0.15, 0.2) is 0 Å². The minimum atomic E-state index is -5.78. The Bertz CT molecular complexity index is 1790. The van der Waals surface area contributed by atoms with E-state index in [9.17, 15) is 32.3 Å². The maximum atomic E-state index is 13.4. The second-order valence-electron chi connectivity index (χ2n) is 8.52. The van der Waals surface area contributed by atoms with E-state index in [2.05, 4.69) is 14.6 Å². The number of halogens is 4. The van der Waals surface area contributed by atoms with E-state index in [1.807, 2.05) is 30.3 Å². The summed E-state index contributed by atoms with van der Waals surface area (Å²) < 4.78 is 57.2. The molecule has 2 heterocycles. The largest absolute Gasteiger partial charge is 1.00 e. The summed E-state index contributed by atoms with van der Waals surface area (Å²) in [6.45, 7) is 0. The first kappa shape index (κ1) is 33.6. The second-order valence-corrected chi connectivity index (χ2v) is 10.0. The Morgan fingerprint density at radius 2 is 1.63 bits per heavy atom. The molecule has 0 saturated heterocycles. The van der Waals surface area contributed by atoms with Gasteiger partial charge >= 0.3 is 65.3 Å². The molecule has 41 heavy (non-hydrogen) atoms. The van der Waals surface area contributed by atoms with Gasteiger partial charge in [-0.15, -0.1) is 0 Å². The minimum Gasteiger partial charge on any atom is -0.780 e. The molecule has 5 aromatic rings. The molecule has 0 fully saturated rings. The summed E-state index contributed by atoms with van der Waals surface area (Å²) in [5.74, 6) is -0.891. The summed E-state index contributed by atoms with van der Waals surface area (Å²) in [5.41, 5.74) is 0.464. The number of hydrogen-bond donors (Lipinski definition) is 1. The Morgan fingerprint density at radius 3 is 2.24 bits per heavy atom. The molecule has 0 atom stereocenters. The van der Waals surface area contributed by atoms with Gasteiger partial charge in [-0.2, -0.15) is 18.3 Å². The third kappa shape index (κ3) is 7.74. The van der Waals surface area contributed by atoms with Crippen molar-refractivity contribution in [3.05, 3.63) is 111 Å². The molecule has 15 heteroatoms. The zero-order valence-electron chi connectivity index (χ0n) is 21.6. The van der Waals surface area contributed by atoms with Crippen LogP contribution in [0.3, 0.4) is 0 Å². The number of nitrogens with zero attached hydrogens (tertiary/aromatic N) is 2. The van der Waals surface area contributed by atoms with Crippen molar-refractivity contribution in [1.82, 2.24) is 14.6 Å². The Labute approximate surface area is 280 Å². The molecular weight excluding hydrogens is 604 g/mol. The molecule has 0 amide bonds. The topological polar surface area (TPSA) is 123 Å². The maximum Gasteiger partial charge on any atom is 1.00 e. The quantitative estimate of drug-likeness (QED) is 0.189. The van der Waals surface area contributed by atoms with E-state index >= 15 is 0 Å². The zero-order valence-corrected chi connectivity index (χ0v) is 27.3. The molecule has 0 aliphatic rings. The monoisotopic (exact) mass is 619 g/mol. The molecule has 0 unspecified atom stereocenters. The summed E-state index contributed by atoms with van der Waals surface area (Å²) in [5, 5.41) is 5.12. The van der Waals surface area contributed by atoms with Gasteiger partial charge in [-0.3, -0.25) is 4.79 Å². The van der Waals surface area contributed by atoms with Crippen molar-refractivity contribution in [3.63, 3.8) is 0 Å². The van der Waals surface area contributed by atoms with Gasteiger partial charge in [-0.05, 0) is 41.5 Å². The number of aromatic nitrogens is 3. The van der Waals surface area contributed by atoms with Crippen LogP contribution >= 0.6 is 19.4 Å². The molecule has 3 aromatic carbocycles. The van der Waals surface area contributed by atoms with E-state index < -0.39 is 30.9 Å². The van der Waals surface area contributed by atoms with Crippen LogP contribution in [0.15, 0.2) is 83.7 Å². The van der Waals surface area contributed by atoms with Crippen molar-refractivity contribution in [2.45, 2.75) is 12.6 Å². The van der Waals surface area contributed by atoms with E-state index in [1.165, 1.54) is 4.52 Å². The first-order valence-corrected chi connectivity index (χ1v) is 13.1. The number of alkyl halides is 3. The molecule has 0 saturated carbocycles. The van der Waals surface area contributed by atoms with E-state index in [0.29, 0.717) is 40.4 Å². The predicted octanol–water partition coefficient (Wildman–Crippen LogP) is -1.16. The average molecular weight is 620 g/mol. The Kier molecular flexibility index (Phi) is 10.8.